The lowest BCUT2D eigenvalue weighted by molar-refractivity contribution is -0.163. The third-order valence-corrected chi connectivity index (χ3v) is 8.14. The zero-order valence-corrected chi connectivity index (χ0v) is 19.9. The van der Waals surface area contributed by atoms with Crippen molar-refractivity contribution in [1.82, 2.24) is 15.5 Å². The largest absolute Gasteiger partial charge is 0.477 e. The van der Waals surface area contributed by atoms with E-state index in [4.69, 9.17) is 0 Å². The van der Waals surface area contributed by atoms with Gasteiger partial charge in [-0.3, -0.25) is 9.59 Å². The highest BCUT2D eigenvalue weighted by molar-refractivity contribution is 8.03. The van der Waals surface area contributed by atoms with Crippen molar-refractivity contribution in [2.75, 3.05) is 6.54 Å². The van der Waals surface area contributed by atoms with E-state index < -0.39 is 30.6 Å². The Hall–Kier alpha value is -2.70. The van der Waals surface area contributed by atoms with Gasteiger partial charge in [0.05, 0.1) is 24.1 Å². The number of carboxylic acid groups (broad SMARTS) is 1. The minimum Gasteiger partial charge on any atom is -0.477 e. The van der Waals surface area contributed by atoms with Crippen molar-refractivity contribution in [1.29, 1.82) is 0 Å². The van der Waals surface area contributed by atoms with Crippen molar-refractivity contribution in [2.24, 2.45) is 11.8 Å². The van der Waals surface area contributed by atoms with Gasteiger partial charge >= 0.3 is 12.6 Å². The molecule has 9 nitrogen and oxygen atoms in total. The second-order valence-electron chi connectivity index (χ2n) is 8.95. The van der Waals surface area contributed by atoms with E-state index in [9.17, 15) is 33.4 Å². The van der Waals surface area contributed by atoms with Crippen molar-refractivity contribution in [3.05, 3.63) is 40.4 Å². The first-order chi connectivity index (χ1) is 16.6. The molecule has 0 saturated carbocycles. The fourth-order valence-corrected chi connectivity index (χ4v) is 6.43. The van der Waals surface area contributed by atoms with Gasteiger partial charge in [-0.1, -0.05) is 19.1 Å². The Morgan fingerprint density at radius 2 is 2.00 bits per heavy atom. The number of hydrogen-bond donors (Lipinski definition) is 4. The lowest BCUT2D eigenvalue weighted by Gasteiger charge is -2.46. The first-order valence-corrected chi connectivity index (χ1v) is 12.2. The number of thioether (sulfide) groups is 1. The number of carboxylic acids is 1. The minimum atomic E-state index is -2.90. The topological polar surface area (TPSA) is 128 Å². The zero-order valence-electron chi connectivity index (χ0n) is 19.1. The lowest BCUT2D eigenvalue weighted by Crippen LogP contribution is -2.63. The maximum atomic E-state index is 12.6. The number of alkyl halides is 2. The molecule has 35 heavy (non-hydrogen) atoms. The van der Waals surface area contributed by atoms with E-state index in [-0.39, 0.29) is 47.0 Å². The third-order valence-electron chi connectivity index (χ3n) is 6.63. The summed E-state index contributed by atoms with van der Waals surface area (Å²) in [5, 5.41) is 25.6. The van der Waals surface area contributed by atoms with Gasteiger partial charge in [0.25, 0.3) is 0 Å². The number of nitrogens with zero attached hydrogens (tertiary/aromatic N) is 1. The van der Waals surface area contributed by atoms with Gasteiger partial charge in [-0.05, 0) is 31.0 Å². The molecule has 6 atom stereocenters. The van der Waals surface area contributed by atoms with Crippen LogP contribution in [0.1, 0.15) is 25.8 Å². The number of aliphatic hydroxyl groups is 1. The first-order valence-electron chi connectivity index (χ1n) is 11.3. The summed E-state index contributed by atoms with van der Waals surface area (Å²) in [5.74, 6) is -2.58. The highest BCUT2D eigenvalue weighted by Crippen LogP contribution is 2.51. The number of amides is 2. The van der Waals surface area contributed by atoms with Gasteiger partial charge < -0.3 is 30.5 Å². The summed E-state index contributed by atoms with van der Waals surface area (Å²) in [7, 11) is 0. The molecule has 1 aromatic rings. The number of rotatable bonds is 9. The molecule has 3 heterocycles. The summed E-state index contributed by atoms with van der Waals surface area (Å²) in [4.78, 5) is 39.0. The quantitative estimate of drug-likeness (QED) is 0.368. The smallest absolute Gasteiger partial charge is 0.387 e. The molecular weight excluding hydrogens is 484 g/mol. The van der Waals surface area contributed by atoms with Crippen LogP contribution in [0.15, 0.2) is 34.9 Å². The maximum Gasteiger partial charge on any atom is 0.387 e. The number of carbonyl (C=O) groups excluding carboxylic acids is 2. The molecular formula is C23H27F2N3O6S. The summed E-state index contributed by atoms with van der Waals surface area (Å²) < 4.78 is 28.8. The molecule has 3 aliphatic rings. The number of benzene rings is 1. The van der Waals surface area contributed by atoms with Crippen LogP contribution >= 0.6 is 11.8 Å². The van der Waals surface area contributed by atoms with E-state index in [1.807, 2.05) is 6.92 Å². The van der Waals surface area contributed by atoms with Crippen LogP contribution in [-0.2, 0) is 20.9 Å². The first kappa shape index (κ1) is 25.4. The van der Waals surface area contributed by atoms with Gasteiger partial charge in [0, 0.05) is 29.2 Å². The zero-order chi connectivity index (χ0) is 25.4. The van der Waals surface area contributed by atoms with Crippen LogP contribution in [-0.4, -0.2) is 69.5 Å². The molecule has 0 spiro atoms. The average molecular weight is 512 g/mol. The number of halogens is 2. The summed E-state index contributed by atoms with van der Waals surface area (Å²) in [6, 6.07) is 5.14. The number of carbonyl (C=O) groups is 3. The van der Waals surface area contributed by atoms with E-state index in [2.05, 4.69) is 15.4 Å². The van der Waals surface area contributed by atoms with E-state index in [0.29, 0.717) is 17.9 Å². The maximum absolute atomic E-state index is 12.6. The summed E-state index contributed by atoms with van der Waals surface area (Å²) in [6.07, 6.45) is -0.390. The summed E-state index contributed by atoms with van der Waals surface area (Å²) in [5.41, 5.74) is 0.698. The highest BCUT2D eigenvalue weighted by Gasteiger charge is 2.60. The Balaban J connectivity index is 1.33. The Morgan fingerprint density at radius 1 is 1.31 bits per heavy atom. The van der Waals surface area contributed by atoms with Crippen molar-refractivity contribution < 1.29 is 38.1 Å². The normalized spacial score (nSPS) is 28.7. The lowest BCUT2D eigenvalue weighted by atomic mass is 9.79. The molecule has 190 valence electrons. The van der Waals surface area contributed by atoms with Crippen LogP contribution in [0.3, 0.4) is 0 Å². The average Bonchev–Trinajstić information content (AvgIpc) is 3.34. The fraction of sp³-hybridized carbons (Fsp3) is 0.522. The molecule has 1 aromatic carbocycles. The number of ether oxygens (including phenoxy) is 1. The monoisotopic (exact) mass is 511 g/mol. The van der Waals surface area contributed by atoms with Crippen molar-refractivity contribution in [2.45, 2.75) is 56.9 Å². The molecule has 2 fully saturated rings. The number of hydrogen-bond acceptors (Lipinski definition) is 7. The molecule has 4 rings (SSSR count). The molecule has 4 N–H and O–H groups in total. The van der Waals surface area contributed by atoms with E-state index >= 15 is 0 Å². The Labute approximate surface area is 204 Å². The SMILES string of the molecule is CC(O)C1C(=O)N2C(C(=O)O)=C(SC3CNC(C(=O)NCc4ccc(OC(F)F)cc4)C3)C(C)C12. The standard InChI is InChI=1S/C23H27F2N3O6S/c1-10-17-16(11(2)29)21(31)28(17)18(22(32)33)19(10)35-14-7-15(26-9-14)20(30)27-8-12-3-5-13(6-4-12)34-23(24)25/h3-6,10-11,14-17,23,26,29H,7-9H2,1-2H3,(H,27,30)(H,32,33). The van der Waals surface area contributed by atoms with E-state index in [1.165, 1.54) is 35.7 Å². The molecule has 0 bridgehead atoms. The van der Waals surface area contributed by atoms with E-state index in [1.54, 1.807) is 12.1 Å². The highest BCUT2D eigenvalue weighted by atomic mass is 32.2. The third kappa shape index (κ3) is 5.00. The Kier molecular flexibility index (Phi) is 7.34. The molecule has 12 heteroatoms. The van der Waals surface area contributed by atoms with Gasteiger partial charge in [0.2, 0.25) is 11.8 Å². The van der Waals surface area contributed by atoms with Gasteiger partial charge in [0.1, 0.15) is 11.4 Å². The van der Waals surface area contributed by atoms with Gasteiger partial charge in [-0.25, -0.2) is 4.79 Å². The Bertz CT molecular complexity index is 1030. The second-order valence-corrected chi connectivity index (χ2v) is 10.3. The number of nitrogens with one attached hydrogen (secondary N) is 2. The van der Waals surface area contributed by atoms with Crippen LogP contribution in [0, 0.1) is 11.8 Å². The van der Waals surface area contributed by atoms with Crippen LogP contribution < -0.4 is 15.4 Å². The van der Waals surface area contributed by atoms with Crippen molar-refractivity contribution in [3.8, 4) is 5.75 Å². The molecule has 0 radical (unpaired) electrons. The molecule has 6 unspecified atom stereocenters. The van der Waals surface area contributed by atoms with Gasteiger partial charge in [-0.15, -0.1) is 11.8 Å². The van der Waals surface area contributed by atoms with Gasteiger partial charge in [-0.2, -0.15) is 8.78 Å². The van der Waals surface area contributed by atoms with Crippen molar-refractivity contribution in [3.63, 3.8) is 0 Å². The molecule has 2 amide bonds. The van der Waals surface area contributed by atoms with Crippen LogP contribution in [0.4, 0.5) is 8.78 Å². The van der Waals surface area contributed by atoms with Crippen molar-refractivity contribution >= 4 is 29.5 Å². The predicted octanol–water partition coefficient (Wildman–Crippen LogP) is 1.52. The van der Waals surface area contributed by atoms with E-state index in [0.717, 1.165) is 5.56 Å². The summed E-state index contributed by atoms with van der Waals surface area (Å²) in [6.45, 7) is 1.20. The number of aliphatic hydroxyl groups excluding tert-OH is 1. The minimum absolute atomic E-state index is 0.0263. The molecule has 2 saturated heterocycles. The number of aliphatic carboxylic acids is 1. The second kappa shape index (κ2) is 10.1. The van der Waals surface area contributed by atoms with Crippen LogP contribution in [0.25, 0.3) is 0 Å². The predicted molar refractivity (Wildman–Crippen MR) is 122 cm³/mol. The van der Waals surface area contributed by atoms with Gasteiger partial charge in [0.15, 0.2) is 0 Å². The molecule has 0 aliphatic carbocycles. The number of fused-ring (bicyclic) bond motifs is 1. The Morgan fingerprint density at radius 3 is 2.60 bits per heavy atom. The van der Waals surface area contributed by atoms with Crippen LogP contribution in [0.2, 0.25) is 0 Å². The molecule has 0 aromatic heterocycles. The van der Waals surface area contributed by atoms with Crippen LogP contribution in [0.5, 0.6) is 5.75 Å². The fourth-order valence-electron chi connectivity index (χ4n) is 4.95. The molecule has 3 aliphatic heterocycles. The summed E-state index contributed by atoms with van der Waals surface area (Å²) >= 11 is 1.37. The number of β-lactam (4-membered cyclic amide) rings is 1.